The molecule has 2 rings (SSSR count). The normalized spacial score (nSPS) is 10.1. The van der Waals surface area contributed by atoms with Gasteiger partial charge in [-0.1, -0.05) is 36.9 Å². The van der Waals surface area contributed by atoms with Gasteiger partial charge in [-0.15, -0.1) is 0 Å². The summed E-state index contributed by atoms with van der Waals surface area (Å²) in [6.45, 7) is 4.10. The minimum Gasteiger partial charge on any atom is -0.741 e. The Labute approximate surface area is 217 Å². The van der Waals surface area contributed by atoms with Gasteiger partial charge in [0.2, 0.25) is 0 Å². The molecule has 0 saturated carbocycles. The van der Waals surface area contributed by atoms with Gasteiger partial charge >= 0.3 is 30.8 Å². The topological polar surface area (TPSA) is 294 Å². The largest absolute Gasteiger partial charge is 2.00 e. The second-order valence-corrected chi connectivity index (χ2v) is 7.95. The Morgan fingerprint density at radius 1 is 0.750 bits per heavy atom. The fourth-order valence-electron chi connectivity index (χ4n) is 1.49. The number of alkyl halides is 6. The van der Waals surface area contributed by atoms with Crippen LogP contribution in [0.25, 0.3) is 5.57 Å². The summed E-state index contributed by atoms with van der Waals surface area (Å²) in [5, 5.41) is 0. The van der Waals surface area contributed by atoms with Crippen molar-refractivity contribution in [1.82, 2.24) is 35.3 Å². The molecule has 0 aliphatic carbocycles. The van der Waals surface area contributed by atoms with Gasteiger partial charge in [-0.2, -0.15) is 26.3 Å². The summed E-state index contributed by atoms with van der Waals surface area (Å²) >= 11 is 0. The maximum atomic E-state index is 10.7. The number of hydrogen-bond acceptors (Lipinski definition) is 11. The number of hydrogen-bond donors (Lipinski definition) is 5. The molecule has 0 amide bonds. The molecular formula is C15H28F6N6O6OsS2. The predicted molar refractivity (Wildman–Crippen MR) is 117 cm³/mol. The Balaban J connectivity index is -0.0000000685. The van der Waals surface area contributed by atoms with Gasteiger partial charge in [0.1, 0.15) is 0 Å². The maximum absolute atomic E-state index is 10.7. The Hall–Kier alpha value is -1.92. The van der Waals surface area contributed by atoms with Crippen molar-refractivity contribution in [2.75, 3.05) is 0 Å². The fraction of sp³-hybridized carbons (Fsp3) is 0.200. The van der Waals surface area contributed by atoms with E-state index in [1.807, 2.05) is 36.0 Å². The molecular weight excluding hydrogens is 729 g/mol. The Morgan fingerprint density at radius 3 is 1.28 bits per heavy atom. The smallest absolute Gasteiger partial charge is 0.741 e. The third-order valence-corrected chi connectivity index (χ3v) is 4.00. The quantitative estimate of drug-likeness (QED) is 0.166. The zero-order chi connectivity index (χ0) is 24.0. The number of aromatic nitrogens is 1. The van der Waals surface area contributed by atoms with Gasteiger partial charge in [-0.25, -0.2) is 16.8 Å². The van der Waals surface area contributed by atoms with Crippen LogP contribution in [0.3, 0.4) is 0 Å². The van der Waals surface area contributed by atoms with Gasteiger partial charge < -0.3 is 44.4 Å². The van der Waals surface area contributed by atoms with Crippen molar-refractivity contribution in [3.8, 4) is 0 Å². The number of halogens is 6. The van der Waals surface area contributed by atoms with Gasteiger partial charge in [0.25, 0.3) is 0 Å². The van der Waals surface area contributed by atoms with Crippen LogP contribution in [0.5, 0.6) is 0 Å². The van der Waals surface area contributed by atoms with E-state index in [1.54, 1.807) is 0 Å². The first kappa shape index (κ1) is 50.9. The van der Waals surface area contributed by atoms with Gasteiger partial charge in [0.15, 0.2) is 20.2 Å². The summed E-state index contributed by atoms with van der Waals surface area (Å²) in [6.07, 6.45) is 4.11. The average Bonchev–Trinajstić information content (AvgIpc) is 2.99. The van der Waals surface area contributed by atoms with Crippen LogP contribution in [-0.2, 0) is 47.1 Å². The molecule has 0 radical (unpaired) electrons. The van der Waals surface area contributed by atoms with E-state index in [1.165, 1.54) is 11.1 Å². The molecule has 12 nitrogen and oxygen atoms in total. The molecule has 0 saturated heterocycles. The summed E-state index contributed by atoms with van der Waals surface area (Å²) in [5.41, 5.74) is -7.86. The van der Waals surface area contributed by atoms with Gasteiger partial charge in [0.05, 0.1) is 0 Å². The standard InChI is InChI=1S/C13H13N.2CHF3O3S.5H3N.Os/c1-11(12-6-4-3-5-7-12)13-8-9-14(2)10-13;2*2-1(3,4)8(5,6)7;;;;;;/h3-10H,1H2,2H3;2*(H,5,6,7);5*1H3;/q;;;;;;;;+2/p-2. The van der Waals surface area contributed by atoms with Crippen molar-refractivity contribution in [1.29, 1.82) is 0 Å². The number of nitrogens with zero attached hydrogens (tertiary/aromatic N) is 1. The molecule has 0 aliphatic rings. The van der Waals surface area contributed by atoms with E-state index >= 15 is 0 Å². The van der Waals surface area contributed by atoms with E-state index in [9.17, 15) is 26.3 Å². The van der Waals surface area contributed by atoms with Crippen LogP contribution in [0.15, 0.2) is 55.4 Å². The third-order valence-electron chi connectivity index (χ3n) is 2.87. The molecule has 1 aromatic heterocycles. The van der Waals surface area contributed by atoms with Crippen molar-refractivity contribution in [2.45, 2.75) is 11.0 Å². The molecule has 0 fully saturated rings. The summed E-state index contributed by atoms with van der Waals surface area (Å²) in [4.78, 5) is 0. The first-order chi connectivity index (χ1) is 13.3. The van der Waals surface area contributed by atoms with Gasteiger partial charge in [0, 0.05) is 19.4 Å². The average molecular weight is 757 g/mol. The Kier molecular flexibility index (Phi) is 27.2. The van der Waals surface area contributed by atoms with Crippen molar-refractivity contribution in [3.05, 3.63) is 66.5 Å². The van der Waals surface area contributed by atoms with E-state index < -0.39 is 31.3 Å². The minimum absolute atomic E-state index is 0. The monoisotopic (exact) mass is 758 g/mol. The second kappa shape index (κ2) is 19.2. The molecule has 36 heavy (non-hydrogen) atoms. The molecule has 0 aliphatic heterocycles. The van der Waals surface area contributed by atoms with Crippen LogP contribution in [0.1, 0.15) is 11.1 Å². The number of rotatable bonds is 2. The molecule has 0 bridgehead atoms. The molecule has 21 heteroatoms. The van der Waals surface area contributed by atoms with E-state index in [0.717, 1.165) is 5.57 Å². The summed E-state index contributed by atoms with van der Waals surface area (Å²) in [6, 6.07) is 12.3. The molecule has 0 atom stereocenters. The van der Waals surface area contributed by atoms with E-state index in [4.69, 9.17) is 25.9 Å². The van der Waals surface area contributed by atoms with Crippen molar-refractivity contribution in [2.24, 2.45) is 7.05 Å². The first-order valence-electron chi connectivity index (χ1n) is 7.18. The van der Waals surface area contributed by atoms with Crippen LogP contribution < -0.4 is 30.8 Å². The van der Waals surface area contributed by atoms with Crippen LogP contribution in [-0.4, -0.2) is 41.5 Å². The molecule has 1 aromatic carbocycles. The maximum Gasteiger partial charge on any atom is 2.00 e. The summed E-state index contributed by atoms with van der Waals surface area (Å²) < 4.78 is 120. The SMILES string of the molecule is C=C(c1ccccc1)c1ccn(C)c1.N.N.N.N.N.O=S(=O)([O-])C(F)(F)F.O=S(=O)([O-])C(F)(F)F.[Os+2]. The van der Waals surface area contributed by atoms with Gasteiger partial charge in [-0.3, -0.25) is 0 Å². The first-order valence-corrected chi connectivity index (χ1v) is 10.00. The van der Waals surface area contributed by atoms with Gasteiger partial charge in [-0.05, 0) is 22.8 Å². The molecule has 0 unspecified atom stereocenters. The Bertz CT molecular complexity index is 1020. The van der Waals surface area contributed by atoms with Crippen molar-refractivity contribution in [3.63, 3.8) is 0 Å². The number of benzene rings is 1. The van der Waals surface area contributed by atoms with Crippen LogP contribution >= 0.6 is 0 Å². The fourth-order valence-corrected chi connectivity index (χ4v) is 1.49. The van der Waals surface area contributed by atoms with Crippen molar-refractivity contribution < 1.29 is 72.1 Å². The minimum atomic E-state index is -6.09. The second-order valence-electron chi connectivity index (χ2n) is 5.21. The molecule has 1 heterocycles. The zero-order valence-electron chi connectivity index (χ0n) is 18.7. The summed E-state index contributed by atoms with van der Waals surface area (Å²) in [5.74, 6) is 0. The number of aryl methyl sites for hydroxylation is 1. The zero-order valence-corrected chi connectivity index (χ0v) is 22.9. The molecule has 216 valence electrons. The van der Waals surface area contributed by atoms with Crippen LogP contribution in [0.4, 0.5) is 26.3 Å². The van der Waals surface area contributed by atoms with Crippen LogP contribution in [0.2, 0.25) is 0 Å². The third kappa shape index (κ3) is 18.4. The molecule has 2 aromatic rings. The summed E-state index contributed by atoms with van der Waals surface area (Å²) in [7, 11) is -10.2. The van der Waals surface area contributed by atoms with Crippen molar-refractivity contribution >= 4 is 25.8 Å². The van der Waals surface area contributed by atoms with E-state index in [-0.39, 0.29) is 50.5 Å². The van der Waals surface area contributed by atoms with E-state index in [2.05, 4.69) is 31.0 Å². The molecule has 15 N–H and O–H groups in total. The predicted octanol–water partition coefficient (Wildman–Crippen LogP) is 4.00. The Morgan fingerprint density at radius 2 is 1.06 bits per heavy atom. The van der Waals surface area contributed by atoms with Crippen LogP contribution in [0, 0.1) is 0 Å². The van der Waals surface area contributed by atoms with E-state index in [0.29, 0.717) is 0 Å². The molecule has 0 spiro atoms.